The lowest BCUT2D eigenvalue weighted by atomic mass is 10.2. The molecule has 0 atom stereocenters. The number of likely N-dealkylation sites (N-methyl/N-ethyl adjacent to an activating group) is 1. The van der Waals surface area contributed by atoms with Crippen molar-refractivity contribution in [1.29, 1.82) is 0 Å². The Morgan fingerprint density at radius 3 is 2.73 bits per heavy atom. The van der Waals surface area contributed by atoms with Crippen LogP contribution >= 0.6 is 22.9 Å². The number of hydrogen-bond donors (Lipinski definition) is 1. The fourth-order valence-corrected chi connectivity index (χ4v) is 3.53. The lowest BCUT2D eigenvalue weighted by Crippen LogP contribution is -2.27. The van der Waals surface area contributed by atoms with E-state index in [0.717, 1.165) is 10.9 Å². The summed E-state index contributed by atoms with van der Waals surface area (Å²) in [5.41, 5.74) is 0.779. The van der Waals surface area contributed by atoms with E-state index in [9.17, 15) is 9.90 Å². The highest BCUT2D eigenvalue weighted by molar-refractivity contribution is 7.20. The van der Waals surface area contributed by atoms with Gasteiger partial charge in [-0.15, -0.1) is 11.3 Å². The first kappa shape index (κ1) is 16.9. The van der Waals surface area contributed by atoms with Crippen LogP contribution < -0.4 is 4.90 Å². The Morgan fingerprint density at radius 1 is 1.41 bits per heavy atom. The second kappa shape index (κ2) is 7.21. The Kier molecular flexibility index (Phi) is 5.55. The van der Waals surface area contributed by atoms with Gasteiger partial charge in [0.1, 0.15) is 15.5 Å². The predicted molar refractivity (Wildman–Crippen MR) is 88.1 cm³/mol. The Bertz CT molecular complexity index is 690. The number of nitrogens with zero attached hydrogens (tertiary/aromatic N) is 3. The van der Waals surface area contributed by atoms with Gasteiger partial charge in [0.25, 0.3) is 0 Å². The average Bonchev–Trinajstić information content (AvgIpc) is 2.81. The predicted octanol–water partition coefficient (Wildman–Crippen LogP) is 2.65. The summed E-state index contributed by atoms with van der Waals surface area (Å²) in [7, 11) is 0. The number of esters is 1. The molecule has 0 bridgehead atoms. The molecule has 0 radical (unpaired) electrons. The van der Waals surface area contributed by atoms with Crippen LogP contribution in [0.4, 0.5) is 5.82 Å². The fraction of sp³-hybridized carbons (Fsp3) is 0.500. The molecule has 1 N–H and O–H groups in total. The van der Waals surface area contributed by atoms with Crippen molar-refractivity contribution in [1.82, 2.24) is 9.97 Å². The summed E-state index contributed by atoms with van der Waals surface area (Å²) in [6, 6.07) is 0. The largest absolute Gasteiger partial charge is 0.462 e. The first-order valence-corrected chi connectivity index (χ1v) is 8.22. The minimum atomic E-state index is -0.365. The number of anilines is 1. The first-order valence-electron chi connectivity index (χ1n) is 7.03. The molecule has 0 spiro atoms. The third kappa shape index (κ3) is 3.16. The summed E-state index contributed by atoms with van der Waals surface area (Å²) < 4.78 is 5.08. The summed E-state index contributed by atoms with van der Waals surface area (Å²) in [5.74, 6) is 0.270. The van der Waals surface area contributed by atoms with Gasteiger partial charge in [0, 0.05) is 13.1 Å². The van der Waals surface area contributed by atoms with Gasteiger partial charge in [-0.1, -0.05) is 0 Å². The van der Waals surface area contributed by atoms with Crippen molar-refractivity contribution < 1.29 is 14.6 Å². The number of aromatic nitrogens is 2. The highest BCUT2D eigenvalue weighted by Crippen LogP contribution is 2.36. The normalized spacial score (nSPS) is 11.0. The van der Waals surface area contributed by atoms with Crippen molar-refractivity contribution in [2.45, 2.75) is 20.8 Å². The van der Waals surface area contributed by atoms with Gasteiger partial charge in [-0.2, -0.15) is 4.98 Å². The number of hydrogen-bond acceptors (Lipinski definition) is 7. The van der Waals surface area contributed by atoms with Crippen LogP contribution in [0.5, 0.6) is 0 Å². The van der Waals surface area contributed by atoms with Gasteiger partial charge in [-0.3, -0.25) is 0 Å². The number of fused-ring (bicyclic) bond motifs is 1. The first-order chi connectivity index (χ1) is 10.5. The number of carbonyl (C=O) groups excluding carboxylic acids is 1. The Hall–Kier alpha value is -1.44. The standard InChI is InChI=1S/C14H18ClN3O3S/c1-4-18(6-7-19)11-9-8(3)10(13(20)21-5-2)22-12(9)17-14(15)16-11/h19H,4-7H2,1-3H3. The van der Waals surface area contributed by atoms with Gasteiger partial charge in [0.05, 0.1) is 18.6 Å². The van der Waals surface area contributed by atoms with Gasteiger partial charge < -0.3 is 14.7 Å². The number of aliphatic hydroxyl groups is 1. The smallest absolute Gasteiger partial charge is 0.348 e. The number of thiophene rings is 1. The molecule has 2 aromatic rings. The van der Waals surface area contributed by atoms with E-state index in [1.165, 1.54) is 11.3 Å². The summed E-state index contributed by atoms with van der Waals surface area (Å²) in [6.45, 7) is 6.99. The lowest BCUT2D eigenvalue weighted by Gasteiger charge is -2.21. The molecule has 0 aliphatic rings. The van der Waals surface area contributed by atoms with Crippen molar-refractivity contribution in [2.24, 2.45) is 0 Å². The van der Waals surface area contributed by atoms with Crippen LogP contribution in [-0.4, -0.2) is 47.3 Å². The van der Waals surface area contributed by atoms with Crippen molar-refractivity contribution in [3.05, 3.63) is 15.7 Å². The molecule has 0 aliphatic heterocycles. The highest BCUT2D eigenvalue weighted by atomic mass is 35.5. The summed E-state index contributed by atoms with van der Waals surface area (Å²) >= 11 is 7.25. The minimum Gasteiger partial charge on any atom is -0.462 e. The van der Waals surface area contributed by atoms with Crippen molar-refractivity contribution >= 4 is 44.9 Å². The number of aliphatic hydroxyl groups excluding tert-OH is 1. The summed E-state index contributed by atoms with van der Waals surface area (Å²) in [4.78, 5) is 23.6. The van der Waals surface area contributed by atoms with Crippen LogP contribution in [0.15, 0.2) is 0 Å². The number of rotatable bonds is 6. The summed E-state index contributed by atoms with van der Waals surface area (Å²) in [6.07, 6.45) is 0. The maximum absolute atomic E-state index is 12.0. The monoisotopic (exact) mass is 343 g/mol. The van der Waals surface area contributed by atoms with Crippen LogP contribution in [0.25, 0.3) is 10.2 Å². The van der Waals surface area contributed by atoms with E-state index in [4.69, 9.17) is 16.3 Å². The van der Waals surface area contributed by atoms with E-state index in [-0.39, 0.29) is 17.9 Å². The number of carbonyl (C=O) groups is 1. The van der Waals surface area contributed by atoms with Gasteiger partial charge in [-0.05, 0) is 37.9 Å². The molecule has 2 aromatic heterocycles. The number of ether oxygens (including phenoxy) is 1. The molecular formula is C14H18ClN3O3S. The quantitative estimate of drug-likeness (QED) is 0.642. The van der Waals surface area contributed by atoms with E-state index >= 15 is 0 Å². The van der Waals surface area contributed by atoms with Crippen LogP contribution in [-0.2, 0) is 4.74 Å². The molecule has 0 unspecified atom stereocenters. The third-order valence-corrected chi connectivity index (χ3v) is 4.59. The zero-order valence-corrected chi connectivity index (χ0v) is 14.3. The van der Waals surface area contributed by atoms with Crippen LogP contribution in [0.1, 0.15) is 29.1 Å². The Morgan fingerprint density at radius 2 is 2.14 bits per heavy atom. The lowest BCUT2D eigenvalue weighted by molar-refractivity contribution is 0.0531. The van der Waals surface area contributed by atoms with E-state index < -0.39 is 0 Å². The molecule has 120 valence electrons. The second-order valence-corrected chi connectivity index (χ2v) is 5.91. The summed E-state index contributed by atoms with van der Waals surface area (Å²) in [5, 5.41) is 10.1. The SMILES string of the molecule is CCOC(=O)c1sc2nc(Cl)nc(N(CC)CCO)c2c1C. The number of halogens is 1. The maximum Gasteiger partial charge on any atom is 0.348 e. The molecule has 2 heterocycles. The molecule has 0 saturated carbocycles. The molecule has 6 nitrogen and oxygen atoms in total. The minimum absolute atomic E-state index is 0.00483. The fourth-order valence-electron chi connectivity index (χ4n) is 2.25. The molecular weight excluding hydrogens is 326 g/mol. The molecule has 0 amide bonds. The maximum atomic E-state index is 12.0. The second-order valence-electron chi connectivity index (χ2n) is 4.58. The van der Waals surface area contributed by atoms with Gasteiger partial charge >= 0.3 is 5.97 Å². The van der Waals surface area contributed by atoms with E-state index in [0.29, 0.717) is 35.2 Å². The third-order valence-electron chi connectivity index (χ3n) is 3.26. The molecule has 0 aromatic carbocycles. The van der Waals surface area contributed by atoms with Crippen LogP contribution in [0, 0.1) is 6.92 Å². The Balaban J connectivity index is 2.64. The van der Waals surface area contributed by atoms with Gasteiger partial charge in [0.2, 0.25) is 5.28 Å². The number of aryl methyl sites for hydroxylation is 1. The molecule has 0 fully saturated rings. The molecule has 8 heteroatoms. The van der Waals surface area contributed by atoms with Crippen LogP contribution in [0.2, 0.25) is 5.28 Å². The molecule has 22 heavy (non-hydrogen) atoms. The molecule has 2 rings (SSSR count). The van der Waals surface area contributed by atoms with E-state index in [1.807, 2.05) is 18.7 Å². The van der Waals surface area contributed by atoms with E-state index in [2.05, 4.69) is 9.97 Å². The van der Waals surface area contributed by atoms with Crippen molar-refractivity contribution in [3.8, 4) is 0 Å². The average molecular weight is 344 g/mol. The highest BCUT2D eigenvalue weighted by Gasteiger charge is 2.23. The molecule has 0 aliphatic carbocycles. The van der Waals surface area contributed by atoms with Crippen molar-refractivity contribution in [3.63, 3.8) is 0 Å². The Labute approximate surface area is 137 Å². The van der Waals surface area contributed by atoms with E-state index in [1.54, 1.807) is 6.92 Å². The topological polar surface area (TPSA) is 75.5 Å². The zero-order chi connectivity index (χ0) is 16.3. The molecule has 0 saturated heterocycles. The van der Waals surface area contributed by atoms with Gasteiger partial charge in [-0.25, -0.2) is 9.78 Å². The van der Waals surface area contributed by atoms with Crippen LogP contribution in [0.3, 0.4) is 0 Å². The van der Waals surface area contributed by atoms with Gasteiger partial charge in [0.15, 0.2) is 0 Å². The van der Waals surface area contributed by atoms with Crippen molar-refractivity contribution in [2.75, 3.05) is 31.2 Å². The zero-order valence-electron chi connectivity index (χ0n) is 12.7.